The predicted molar refractivity (Wildman–Crippen MR) is 97.8 cm³/mol. The lowest BCUT2D eigenvalue weighted by Gasteiger charge is -2.58. The quantitative estimate of drug-likeness (QED) is 0.494. The number of aliphatic hydroxyl groups is 3. The lowest BCUT2D eigenvalue weighted by Crippen LogP contribution is -2.54. The van der Waals surface area contributed by atoms with Crippen LogP contribution in [0.25, 0.3) is 0 Å². The van der Waals surface area contributed by atoms with E-state index in [-0.39, 0.29) is 45.8 Å². The van der Waals surface area contributed by atoms with Gasteiger partial charge in [-0.1, -0.05) is 48.4 Å². The maximum Gasteiger partial charge on any atom is 0.0609 e. The summed E-state index contributed by atoms with van der Waals surface area (Å²) in [5, 5.41) is 31.2. The average Bonchev–Trinajstić information content (AvgIpc) is 3.23. The number of aliphatic hydroxyl groups excluding tert-OH is 3. The Kier molecular flexibility index (Phi) is 3.87. The number of fused-ring (bicyclic) bond motifs is 5. The van der Waals surface area contributed by atoms with Crippen molar-refractivity contribution in [3.63, 3.8) is 0 Å². The second-order valence-corrected chi connectivity index (χ2v) is 10.9. The molecule has 0 amide bonds. The van der Waals surface area contributed by atoms with Gasteiger partial charge in [-0.05, 0) is 60.2 Å². The van der Waals surface area contributed by atoms with E-state index in [1.807, 2.05) is 0 Å². The molecule has 0 aromatic rings. The van der Waals surface area contributed by atoms with Crippen molar-refractivity contribution in [2.24, 2.45) is 34.0 Å². The molecule has 9 atom stereocenters. The summed E-state index contributed by atoms with van der Waals surface area (Å²) in [7, 11) is 0. The molecule has 0 aliphatic heterocycles. The van der Waals surface area contributed by atoms with E-state index in [0.29, 0.717) is 11.8 Å². The molecule has 3 nitrogen and oxygen atoms in total. The molecule has 0 saturated heterocycles. The van der Waals surface area contributed by atoms with Crippen LogP contribution in [0.4, 0.5) is 0 Å². The zero-order valence-electron chi connectivity index (χ0n) is 15.0. The largest absolute Gasteiger partial charge is 0.395 e. The summed E-state index contributed by atoms with van der Waals surface area (Å²) in [5.74, 6) is 1.09. The van der Waals surface area contributed by atoms with E-state index in [9.17, 15) is 15.3 Å². The van der Waals surface area contributed by atoms with Crippen molar-refractivity contribution in [1.29, 1.82) is 0 Å². The zero-order valence-corrected chi connectivity index (χ0v) is 16.6. The van der Waals surface area contributed by atoms with Crippen LogP contribution in [0.3, 0.4) is 0 Å². The normalized spacial score (nSPS) is 57.3. The van der Waals surface area contributed by atoms with Crippen LogP contribution in [0.2, 0.25) is 0 Å². The van der Waals surface area contributed by atoms with Gasteiger partial charge >= 0.3 is 0 Å². The standard InChI is InChI=1S/C20H31BrO3/c1-18(17(21)10-22)5-4-12-11(7-18)14(23)6-16-19(2)8-13(19)15(24)9-20(12,16)3/h4,11,13-17,22-24H,5-10H2,1-3H3/t11-,13+,14-,15-,16-,17?,18+,19+,20+/m0/s1. The van der Waals surface area contributed by atoms with E-state index >= 15 is 0 Å². The van der Waals surface area contributed by atoms with Gasteiger partial charge in [-0.3, -0.25) is 0 Å². The Morgan fingerprint density at radius 3 is 2.54 bits per heavy atom. The number of alkyl halides is 1. The molecule has 0 radical (unpaired) electrons. The molecule has 0 heterocycles. The third-order valence-corrected chi connectivity index (χ3v) is 9.80. The highest BCUT2D eigenvalue weighted by atomic mass is 79.9. The fraction of sp³-hybridized carbons (Fsp3) is 0.900. The third-order valence-electron chi connectivity index (χ3n) is 8.40. The van der Waals surface area contributed by atoms with Gasteiger partial charge in [0.15, 0.2) is 0 Å². The number of allylic oxidation sites excluding steroid dienone is 1. The van der Waals surface area contributed by atoms with E-state index in [1.54, 1.807) is 0 Å². The van der Waals surface area contributed by atoms with Gasteiger partial charge in [0, 0.05) is 10.7 Å². The number of hydrogen-bond acceptors (Lipinski definition) is 3. The highest BCUT2D eigenvalue weighted by Crippen LogP contribution is 2.73. The van der Waals surface area contributed by atoms with Crippen molar-refractivity contribution in [3.05, 3.63) is 11.6 Å². The fourth-order valence-corrected chi connectivity index (χ4v) is 7.13. The molecule has 0 aromatic heterocycles. The van der Waals surface area contributed by atoms with Crippen LogP contribution in [0, 0.1) is 34.0 Å². The Balaban J connectivity index is 1.71. The molecule has 0 aromatic carbocycles. The second kappa shape index (κ2) is 5.31. The Hall–Kier alpha value is 0.100. The molecule has 1 unspecified atom stereocenters. The Labute approximate surface area is 153 Å². The van der Waals surface area contributed by atoms with E-state index in [1.165, 1.54) is 5.57 Å². The average molecular weight is 399 g/mol. The SMILES string of the molecule is C[C@@]1(C(Br)CO)CC=C2[C@H](C1)[C@@H](O)C[C@H]1[C@]3(C)C[C@@H]3[C@@H](O)C[C@]21C. The van der Waals surface area contributed by atoms with Gasteiger partial charge < -0.3 is 15.3 Å². The van der Waals surface area contributed by atoms with Crippen LogP contribution in [-0.2, 0) is 0 Å². The zero-order chi connectivity index (χ0) is 17.5. The number of halogens is 1. The summed E-state index contributed by atoms with van der Waals surface area (Å²) in [4.78, 5) is 0.0582. The monoisotopic (exact) mass is 398 g/mol. The molecular formula is C20H31BrO3. The van der Waals surface area contributed by atoms with Gasteiger partial charge in [-0.15, -0.1) is 0 Å². The molecule has 4 rings (SSSR count). The molecule has 3 saturated carbocycles. The molecule has 4 aliphatic carbocycles. The molecule has 4 heteroatoms. The molecule has 3 fully saturated rings. The molecule has 4 aliphatic rings. The van der Waals surface area contributed by atoms with Gasteiger partial charge in [0.2, 0.25) is 0 Å². The first kappa shape index (κ1) is 17.5. The Morgan fingerprint density at radius 1 is 1.17 bits per heavy atom. The maximum atomic E-state index is 11.0. The summed E-state index contributed by atoms with van der Waals surface area (Å²) in [6.07, 6.45) is 6.54. The lowest BCUT2D eigenvalue weighted by atomic mass is 9.48. The fourth-order valence-electron chi connectivity index (χ4n) is 6.76. The smallest absolute Gasteiger partial charge is 0.0609 e. The summed E-state index contributed by atoms with van der Waals surface area (Å²) in [5.41, 5.74) is 1.61. The van der Waals surface area contributed by atoms with E-state index in [4.69, 9.17) is 0 Å². The van der Waals surface area contributed by atoms with Crippen molar-refractivity contribution in [1.82, 2.24) is 0 Å². The minimum atomic E-state index is -0.291. The summed E-state index contributed by atoms with van der Waals surface area (Å²) in [6.45, 7) is 7.00. The molecule has 0 spiro atoms. The van der Waals surface area contributed by atoms with E-state index < -0.39 is 0 Å². The maximum absolute atomic E-state index is 11.0. The Bertz CT molecular complexity index is 577. The minimum Gasteiger partial charge on any atom is -0.395 e. The van der Waals surface area contributed by atoms with Crippen LogP contribution in [-0.4, -0.2) is 39.0 Å². The first-order chi connectivity index (χ1) is 11.2. The third kappa shape index (κ3) is 2.19. The first-order valence-corrected chi connectivity index (χ1v) is 10.4. The van der Waals surface area contributed by atoms with Crippen LogP contribution in [0.1, 0.15) is 52.9 Å². The minimum absolute atomic E-state index is 0.0212. The molecule has 0 bridgehead atoms. The van der Waals surface area contributed by atoms with Crippen LogP contribution in [0.15, 0.2) is 11.6 Å². The van der Waals surface area contributed by atoms with E-state index in [0.717, 1.165) is 32.1 Å². The molecule has 24 heavy (non-hydrogen) atoms. The van der Waals surface area contributed by atoms with Crippen molar-refractivity contribution < 1.29 is 15.3 Å². The van der Waals surface area contributed by atoms with Crippen molar-refractivity contribution in [2.45, 2.75) is 69.9 Å². The summed E-state index contributed by atoms with van der Waals surface area (Å²) >= 11 is 3.65. The Morgan fingerprint density at radius 2 is 1.88 bits per heavy atom. The van der Waals surface area contributed by atoms with Crippen molar-refractivity contribution in [2.75, 3.05) is 6.61 Å². The summed E-state index contributed by atoms with van der Waals surface area (Å²) < 4.78 is 0. The van der Waals surface area contributed by atoms with Crippen LogP contribution in [0.5, 0.6) is 0 Å². The van der Waals surface area contributed by atoms with Gasteiger partial charge in [-0.25, -0.2) is 0 Å². The molecule has 136 valence electrons. The van der Waals surface area contributed by atoms with Gasteiger partial charge in [0.05, 0.1) is 18.8 Å². The first-order valence-electron chi connectivity index (χ1n) is 9.47. The van der Waals surface area contributed by atoms with Crippen molar-refractivity contribution >= 4 is 15.9 Å². The van der Waals surface area contributed by atoms with E-state index in [2.05, 4.69) is 42.8 Å². The summed E-state index contributed by atoms with van der Waals surface area (Å²) in [6, 6.07) is 0. The number of rotatable bonds is 2. The molecule has 3 N–H and O–H groups in total. The second-order valence-electron chi connectivity index (χ2n) is 9.84. The lowest BCUT2D eigenvalue weighted by molar-refractivity contribution is -0.0790. The predicted octanol–water partition coefficient (Wildman–Crippen LogP) is 3.26. The van der Waals surface area contributed by atoms with Gasteiger partial charge in [-0.2, -0.15) is 0 Å². The highest BCUT2D eigenvalue weighted by molar-refractivity contribution is 9.09. The van der Waals surface area contributed by atoms with Gasteiger partial charge in [0.25, 0.3) is 0 Å². The molecular weight excluding hydrogens is 368 g/mol. The van der Waals surface area contributed by atoms with Crippen molar-refractivity contribution in [3.8, 4) is 0 Å². The van der Waals surface area contributed by atoms with Crippen LogP contribution >= 0.6 is 15.9 Å². The highest BCUT2D eigenvalue weighted by Gasteiger charge is 2.69. The van der Waals surface area contributed by atoms with Crippen LogP contribution < -0.4 is 0 Å². The van der Waals surface area contributed by atoms with Gasteiger partial charge in [0.1, 0.15) is 0 Å². The number of hydrogen-bond donors (Lipinski definition) is 3. The topological polar surface area (TPSA) is 60.7 Å².